The lowest BCUT2D eigenvalue weighted by Crippen LogP contribution is -1.89. The number of fused-ring (bicyclic) bond motifs is 1. The van der Waals surface area contributed by atoms with E-state index in [0.717, 1.165) is 22.6 Å². The van der Waals surface area contributed by atoms with Crippen LogP contribution in [-0.2, 0) is 0 Å². The standard InChI is InChI=1S/C9H10O3.C2H3N/c1-10-7-5-4-6(5)8(11-2)9(7)12-3;1-2-3/h4H,1-3H3;1H3. The Balaban J connectivity index is 0.000000337. The first kappa shape index (κ1) is 11.2. The molecule has 0 spiro atoms. The number of hydrogen-bond acceptors (Lipinski definition) is 4. The minimum Gasteiger partial charge on any atom is -0.492 e. The fraction of sp³-hybridized carbons (Fsp3) is 0.364. The van der Waals surface area contributed by atoms with Gasteiger partial charge in [-0.3, -0.25) is 0 Å². The predicted octanol–water partition coefficient (Wildman–Crippen LogP) is 2.22. The Kier molecular flexibility index (Phi) is 3.40. The van der Waals surface area contributed by atoms with Crippen molar-refractivity contribution in [1.29, 1.82) is 5.26 Å². The maximum absolute atomic E-state index is 7.32. The summed E-state index contributed by atoms with van der Waals surface area (Å²) < 4.78 is 15.5. The van der Waals surface area contributed by atoms with Gasteiger partial charge in [0.1, 0.15) is 0 Å². The molecule has 0 fully saturated rings. The molecular weight excluding hydrogens is 194 g/mol. The first-order valence-corrected chi connectivity index (χ1v) is 4.39. The molecular formula is C11H13NO3. The molecule has 0 bridgehead atoms. The summed E-state index contributed by atoms with van der Waals surface area (Å²) in [4.78, 5) is 0. The Labute approximate surface area is 89.0 Å². The topological polar surface area (TPSA) is 51.5 Å². The van der Waals surface area contributed by atoms with E-state index in [1.807, 2.05) is 6.07 Å². The van der Waals surface area contributed by atoms with Gasteiger partial charge in [-0.25, -0.2) is 0 Å². The van der Waals surface area contributed by atoms with Crippen molar-refractivity contribution in [2.75, 3.05) is 21.3 Å². The van der Waals surface area contributed by atoms with Gasteiger partial charge in [-0.2, -0.15) is 5.26 Å². The van der Waals surface area contributed by atoms with Gasteiger partial charge < -0.3 is 14.2 Å². The lowest BCUT2D eigenvalue weighted by molar-refractivity contribution is 0.332. The van der Waals surface area contributed by atoms with Crippen LogP contribution in [-0.4, -0.2) is 21.3 Å². The quantitative estimate of drug-likeness (QED) is 0.774. The molecule has 0 saturated heterocycles. The van der Waals surface area contributed by atoms with Crippen molar-refractivity contribution in [3.63, 3.8) is 0 Å². The van der Waals surface area contributed by atoms with E-state index in [2.05, 4.69) is 0 Å². The third kappa shape index (κ3) is 1.82. The minimum absolute atomic E-state index is 0.701. The summed E-state index contributed by atoms with van der Waals surface area (Å²) in [5.74, 6) is 2.27. The Morgan fingerprint density at radius 1 is 0.933 bits per heavy atom. The molecule has 0 saturated carbocycles. The van der Waals surface area contributed by atoms with Crippen LogP contribution in [0.2, 0.25) is 0 Å². The van der Waals surface area contributed by atoms with Crippen LogP contribution in [0.1, 0.15) is 6.92 Å². The number of methoxy groups -OCH3 is 3. The number of nitrogens with zero attached hydrogens (tertiary/aromatic N) is 1. The monoisotopic (exact) mass is 207 g/mol. The van der Waals surface area contributed by atoms with Crippen molar-refractivity contribution < 1.29 is 14.2 Å². The zero-order chi connectivity index (χ0) is 11.4. The minimum atomic E-state index is 0.701. The van der Waals surface area contributed by atoms with Crippen molar-refractivity contribution in [3.8, 4) is 34.4 Å². The van der Waals surface area contributed by atoms with Gasteiger partial charge in [0, 0.05) is 18.1 Å². The van der Waals surface area contributed by atoms with Crippen LogP contribution >= 0.6 is 0 Å². The van der Waals surface area contributed by atoms with Gasteiger partial charge in [0.2, 0.25) is 5.75 Å². The van der Waals surface area contributed by atoms with E-state index in [1.54, 1.807) is 27.4 Å². The Morgan fingerprint density at radius 3 is 1.53 bits per heavy atom. The van der Waals surface area contributed by atoms with E-state index < -0.39 is 0 Å². The Bertz CT molecular complexity index is 379. The van der Waals surface area contributed by atoms with Gasteiger partial charge >= 0.3 is 0 Å². The van der Waals surface area contributed by atoms with Crippen LogP contribution in [0.15, 0.2) is 6.07 Å². The highest BCUT2D eigenvalue weighted by Crippen LogP contribution is 2.59. The molecule has 0 aromatic heterocycles. The number of hydrogen-bond donors (Lipinski definition) is 0. The maximum Gasteiger partial charge on any atom is 0.204 e. The number of nitriles is 1. The van der Waals surface area contributed by atoms with Crippen LogP contribution in [0.3, 0.4) is 0 Å². The lowest BCUT2D eigenvalue weighted by Gasteiger charge is -2.04. The molecule has 0 aromatic rings. The predicted molar refractivity (Wildman–Crippen MR) is 56.4 cm³/mol. The third-order valence-electron chi connectivity index (χ3n) is 2.01. The molecule has 80 valence electrons. The fourth-order valence-electron chi connectivity index (χ4n) is 1.42. The molecule has 0 aromatic carbocycles. The molecule has 2 rings (SSSR count). The molecule has 0 radical (unpaired) electrons. The summed E-state index contributed by atoms with van der Waals surface area (Å²) in [6.45, 7) is 1.43. The normalized spacial score (nSPS) is 9.27. The molecule has 15 heavy (non-hydrogen) atoms. The lowest BCUT2D eigenvalue weighted by atomic mass is 10.4. The van der Waals surface area contributed by atoms with E-state index in [1.165, 1.54) is 6.92 Å². The highest BCUT2D eigenvalue weighted by atomic mass is 16.5. The Morgan fingerprint density at radius 2 is 1.27 bits per heavy atom. The van der Waals surface area contributed by atoms with Gasteiger partial charge in [-0.05, 0) is 6.07 Å². The summed E-state index contributed by atoms with van der Waals surface area (Å²) in [7, 11) is 4.87. The Hall–Kier alpha value is -1.89. The van der Waals surface area contributed by atoms with Crippen molar-refractivity contribution in [2.24, 2.45) is 0 Å². The molecule has 0 aliphatic heterocycles. The highest BCUT2D eigenvalue weighted by Gasteiger charge is 2.32. The zero-order valence-corrected chi connectivity index (χ0v) is 9.25. The van der Waals surface area contributed by atoms with Crippen LogP contribution < -0.4 is 14.2 Å². The molecule has 4 heteroatoms. The summed E-state index contributed by atoms with van der Waals surface area (Å²) in [5.41, 5.74) is 2.21. The second kappa shape index (κ2) is 4.56. The van der Waals surface area contributed by atoms with E-state index in [4.69, 9.17) is 19.5 Å². The van der Waals surface area contributed by atoms with Gasteiger partial charge in [0.05, 0.1) is 27.4 Å². The molecule has 4 nitrogen and oxygen atoms in total. The maximum atomic E-state index is 7.32. The summed E-state index contributed by atoms with van der Waals surface area (Å²) in [5, 5.41) is 7.32. The van der Waals surface area contributed by atoms with Crippen molar-refractivity contribution in [2.45, 2.75) is 6.92 Å². The number of rotatable bonds is 3. The van der Waals surface area contributed by atoms with Gasteiger partial charge in [0.15, 0.2) is 11.5 Å². The van der Waals surface area contributed by atoms with Gasteiger partial charge in [-0.15, -0.1) is 0 Å². The van der Waals surface area contributed by atoms with Crippen molar-refractivity contribution >= 4 is 0 Å². The first-order valence-electron chi connectivity index (χ1n) is 4.39. The van der Waals surface area contributed by atoms with Crippen LogP contribution in [0.5, 0.6) is 17.2 Å². The van der Waals surface area contributed by atoms with Crippen LogP contribution in [0.4, 0.5) is 0 Å². The van der Waals surface area contributed by atoms with Gasteiger partial charge in [-0.1, -0.05) is 0 Å². The largest absolute Gasteiger partial charge is 0.492 e. The highest BCUT2D eigenvalue weighted by molar-refractivity contribution is 5.98. The summed E-state index contributed by atoms with van der Waals surface area (Å²) >= 11 is 0. The second-order valence-electron chi connectivity index (χ2n) is 2.80. The molecule has 0 atom stereocenters. The van der Waals surface area contributed by atoms with Gasteiger partial charge in [0.25, 0.3) is 0 Å². The summed E-state index contributed by atoms with van der Waals surface area (Å²) in [6.07, 6.45) is 0. The van der Waals surface area contributed by atoms with E-state index in [0.29, 0.717) is 5.75 Å². The van der Waals surface area contributed by atoms with E-state index in [9.17, 15) is 0 Å². The van der Waals surface area contributed by atoms with E-state index in [-0.39, 0.29) is 0 Å². The van der Waals surface area contributed by atoms with Crippen molar-refractivity contribution in [1.82, 2.24) is 0 Å². The molecule has 0 unspecified atom stereocenters. The third-order valence-corrected chi connectivity index (χ3v) is 2.01. The molecule has 2 aliphatic rings. The second-order valence-corrected chi connectivity index (χ2v) is 2.80. The molecule has 0 heterocycles. The average molecular weight is 207 g/mol. The average Bonchev–Trinajstić information content (AvgIpc) is 2.94. The fourth-order valence-corrected chi connectivity index (χ4v) is 1.42. The molecule has 0 N–H and O–H groups in total. The molecule has 0 amide bonds. The molecule has 2 aliphatic carbocycles. The first-order chi connectivity index (χ1) is 7.24. The smallest absolute Gasteiger partial charge is 0.204 e. The van der Waals surface area contributed by atoms with Crippen LogP contribution in [0, 0.1) is 11.3 Å². The zero-order valence-electron chi connectivity index (χ0n) is 9.25. The van der Waals surface area contributed by atoms with Crippen LogP contribution in [0.25, 0.3) is 11.1 Å². The summed E-state index contributed by atoms with van der Waals surface area (Å²) in [6, 6.07) is 3.76. The van der Waals surface area contributed by atoms with Crippen molar-refractivity contribution in [3.05, 3.63) is 6.07 Å². The number of benzene rings is 1. The number of ether oxygens (including phenoxy) is 3. The van der Waals surface area contributed by atoms with E-state index >= 15 is 0 Å². The SMILES string of the molecule is CC#N.COc1c2cc-2c(OC)c1OC.